The average Bonchev–Trinajstić information content (AvgIpc) is 2.48. The van der Waals surface area contributed by atoms with Gasteiger partial charge in [0.15, 0.2) is 0 Å². The Morgan fingerprint density at radius 2 is 1.81 bits per heavy atom. The van der Waals surface area contributed by atoms with E-state index in [9.17, 15) is 0 Å². The van der Waals surface area contributed by atoms with E-state index >= 15 is 0 Å². The summed E-state index contributed by atoms with van der Waals surface area (Å²) < 4.78 is 1.08. The van der Waals surface area contributed by atoms with Crippen molar-refractivity contribution in [3.8, 4) is 0 Å². The molecule has 0 spiro atoms. The monoisotopic (exact) mass is 433 g/mol. The topological polar surface area (TPSA) is 12.0 Å². The fraction of sp³-hybridized carbons (Fsp3) is 0.294. The molecule has 1 unspecified atom stereocenters. The molecule has 1 N–H and O–H groups in total. The molecule has 112 valence electrons. The number of hydrogen-bond donors (Lipinski definition) is 1. The molecule has 0 radical (unpaired) electrons. The Balaban J connectivity index is 2.20. The summed E-state index contributed by atoms with van der Waals surface area (Å²) in [5.74, 6) is 0. The van der Waals surface area contributed by atoms with Crippen LogP contribution in [0.25, 0.3) is 0 Å². The summed E-state index contributed by atoms with van der Waals surface area (Å²) in [7, 11) is 0. The lowest BCUT2D eigenvalue weighted by atomic mass is 9.99. The molecule has 0 bridgehead atoms. The van der Waals surface area contributed by atoms with E-state index in [4.69, 9.17) is 23.2 Å². The fourth-order valence-electron chi connectivity index (χ4n) is 2.21. The second kappa shape index (κ2) is 8.37. The minimum absolute atomic E-state index is 0.264. The molecule has 2 aromatic carbocycles. The molecule has 0 aromatic heterocycles. The van der Waals surface area contributed by atoms with Crippen molar-refractivity contribution >= 4 is 45.8 Å². The van der Waals surface area contributed by atoms with Crippen molar-refractivity contribution in [3.05, 3.63) is 67.2 Å². The van der Waals surface area contributed by atoms with Crippen molar-refractivity contribution in [3.63, 3.8) is 0 Å². The van der Waals surface area contributed by atoms with Crippen LogP contribution in [-0.4, -0.2) is 6.54 Å². The molecule has 0 aliphatic heterocycles. The highest BCUT2D eigenvalue weighted by Gasteiger charge is 2.13. The van der Waals surface area contributed by atoms with Gasteiger partial charge in [-0.15, -0.1) is 0 Å². The van der Waals surface area contributed by atoms with E-state index in [0.29, 0.717) is 0 Å². The maximum atomic E-state index is 6.26. The van der Waals surface area contributed by atoms with E-state index in [1.165, 1.54) is 11.1 Å². The molecule has 0 saturated heterocycles. The zero-order chi connectivity index (χ0) is 15.2. The van der Waals surface area contributed by atoms with Crippen molar-refractivity contribution in [1.82, 2.24) is 5.32 Å². The van der Waals surface area contributed by atoms with Gasteiger partial charge in [0.25, 0.3) is 0 Å². The Morgan fingerprint density at radius 1 is 1.10 bits per heavy atom. The highest BCUT2D eigenvalue weighted by Crippen LogP contribution is 2.26. The van der Waals surface area contributed by atoms with Gasteiger partial charge in [0.1, 0.15) is 0 Å². The van der Waals surface area contributed by atoms with Crippen LogP contribution in [0.4, 0.5) is 0 Å². The van der Waals surface area contributed by atoms with Crippen LogP contribution in [0.5, 0.6) is 0 Å². The third-order valence-electron chi connectivity index (χ3n) is 3.34. The standard InChI is InChI=1S/C17H18Cl2IN/c1-2-9-21-17(10-12-3-6-14(18)7-4-12)13-5-8-16(20)15(19)11-13/h3-8,11,17,21H,2,9-10H2,1H3. The van der Waals surface area contributed by atoms with Gasteiger partial charge in [-0.25, -0.2) is 0 Å². The first-order chi connectivity index (χ1) is 10.1. The first-order valence-corrected chi connectivity index (χ1v) is 8.86. The summed E-state index contributed by atoms with van der Waals surface area (Å²) >= 11 is 14.5. The molecule has 0 aliphatic carbocycles. The zero-order valence-corrected chi connectivity index (χ0v) is 15.5. The number of nitrogens with one attached hydrogen (secondary N) is 1. The summed E-state index contributed by atoms with van der Waals surface area (Å²) in [4.78, 5) is 0. The van der Waals surface area contributed by atoms with Crippen LogP contribution in [0.2, 0.25) is 10.0 Å². The second-order valence-electron chi connectivity index (χ2n) is 5.01. The summed E-state index contributed by atoms with van der Waals surface area (Å²) in [6, 6.07) is 14.6. The Labute approximate surface area is 150 Å². The fourth-order valence-corrected chi connectivity index (χ4v) is 2.86. The van der Waals surface area contributed by atoms with E-state index < -0.39 is 0 Å². The van der Waals surface area contributed by atoms with Gasteiger partial charge in [0, 0.05) is 14.6 Å². The van der Waals surface area contributed by atoms with E-state index in [0.717, 1.165) is 33.0 Å². The molecular formula is C17H18Cl2IN. The summed E-state index contributed by atoms with van der Waals surface area (Å²) in [6.45, 7) is 3.16. The molecule has 2 rings (SSSR count). The summed E-state index contributed by atoms with van der Waals surface area (Å²) in [5, 5.41) is 5.19. The second-order valence-corrected chi connectivity index (χ2v) is 7.02. The number of halogens is 3. The van der Waals surface area contributed by atoms with Gasteiger partial charge < -0.3 is 5.32 Å². The van der Waals surface area contributed by atoms with Gasteiger partial charge >= 0.3 is 0 Å². The molecule has 0 aliphatic rings. The van der Waals surface area contributed by atoms with Crippen LogP contribution in [0.15, 0.2) is 42.5 Å². The highest BCUT2D eigenvalue weighted by atomic mass is 127. The molecule has 1 atom stereocenters. The Bertz CT molecular complexity index is 584. The first kappa shape index (κ1) is 17.1. The summed E-state index contributed by atoms with van der Waals surface area (Å²) in [6.07, 6.45) is 2.03. The van der Waals surface area contributed by atoms with Gasteiger partial charge in [-0.2, -0.15) is 0 Å². The van der Waals surface area contributed by atoms with Crippen LogP contribution < -0.4 is 5.32 Å². The van der Waals surface area contributed by atoms with Gasteiger partial charge in [-0.1, -0.05) is 48.3 Å². The summed E-state index contributed by atoms with van der Waals surface area (Å²) in [5.41, 5.74) is 2.49. The van der Waals surface area contributed by atoms with Crippen molar-refractivity contribution in [2.45, 2.75) is 25.8 Å². The van der Waals surface area contributed by atoms with Crippen LogP contribution in [0.1, 0.15) is 30.5 Å². The lowest BCUT2D eigenvalue weighted by Crippen LogP contribution is -2.24. The van der Waals surface area contributed by atoms with Gasteiger partial charge in [-0.3, -0.25) is 0 Å². The largest absolute Gasteiger partial charge is 0.310 e. The zero-order valence-electron chi connectivity index (χ0n) is 11.9. The predicted molar refractivity (Wildman–Crippen MR) is 100 cm³/mol. The lowest BCUT2D eigenvalue weighted by Gasteiger charge is -2.20. The van der Waals surface area contributed by atoms with Crippen molar-refractivity contribution < 1.29 is 0 Å². The number of benzene rings is 2. The Morgan fingerprint density at radius 3 is 2.43 bits per heavy atom. The normalized spacial score (nSPS) is 12.4. The van der Waals surface area contributed by atoms with Crippen molar-refractivity contribution in [2.24, 2.45) is 0 Å². The molecule has 1 nitrogen and oxygen atoms in total. The average molecular weight is 434 g/mol. The third-order valence-corrected chi connectivity index (χ3v) is 5.16. The molecule has 4 heteroatoms. The number of hydrogen-bond acceptors (Lipinski definition) is 1. The molecule has 21 heavy (non-hydrogen) atoms. The molecular weight excluding hydrogens is 416 g/mol. The van der Waals surface area contributed by atoms with Crippen LogP contribution in [0, 0.1) is 3.57 Å². The van der Waals surface area contributed by atoms with E-state index in [1.807, 2.05) is 12.1 Å². The van der Waals surface area contributed by atoms with E-state index in [-0.39, 0.29) is 6.04 Å². The lowest BCUT2D eigenvalue weighted by molar-refractivity contribution is 0.529. The van der Waals surface area contributed by atoms with E-state index in [1.54, 1.807) is 0 Å². The molecule has 0 saturated carbocycles. The van der Waals surface area contributed by atoms with Gasteiger partial charge in [0.2, 0.25) is 0 Å². The van der Waals surface area contributed by atoms with Crippen LogP contribution >= 0.6 is 45.8 Å². The number of rotatable bonds is 6. The highest BCUT2D eigenvalue weighted by molar-refractivity contribution is 14.1. The maximum Gasteiger partial charge on any atom is 0.0542 e. The van der Waals surface area contributed by atoms with E-state index in [2.05, 4.69) is 65.2 Å². The Kier molecular flexibility index (Phi) is 6.80. The third kappa shape index (κ3) is 5.13. The molecule has 0 fully saturated rings. The quantitative estimate of drug-likeness (QED) is 0.560. The predicted octanol–water partition coefficient (Wildman–Crippen LogP) is 5.88. The SMILES string of the molecule is CCCNC(Cc1ccc(Cl)cc1)c1ccc(I)c(Cl)c1. The van der Waals surface area contributed by atoms with Crippen LogP contribution in [0.3, 0.4) is 0 Å². The van der Waals surface area contributed by atoms with Crippen molar-refractivity contribution in [2.75, 3.05) is 6.54 Å². The first-order valence-electron chi connectivity index (χ1n) is 7.03. The van der Waals surface area contributed by atoms with Gasteiger partial charge in [-0.05, 0) is 77.4 Å². The smallest absolute Gasteiger partial charge is 0.0542 e. The maximum absolute atomic E-state index is 6.26. The Hall–Kier alpha value is -0.290. The van der Waals surface area contributed by atoms with Gasteiger partial charge in [0.05, 0.1) is 5.02 Å². The minimum Gasteiger partial charge on any atom is -0.310 e. The molecule has 2 aromatic rings. The van der Waals surface area contributed by atoms with Crippen molar-refractivity contribution in [1.29, 1.82) is 0 Å². The molecule has 0 amide bonds. The molecule has 0 heterocycles. The minimum atomic E-state index is 0.264. The van der Waals surface area contributed by atoms with Crippen LogP contribution in [-0.2, 0) is 6.42 Å².